The number of rotatable bonds is 10. The van der Waals surface area contributed by atoms with E-state index in [4.69, 9.17) is 16.4 Å². The topological polar surface area (TPSA) is 94.4 Å². The first-order valence-electron chi connectivity index (χ1n) is 13.6. The monoisotopic (exact) mass is 559 g/mol. The van der Waals surface area contributed by atoms with Crippen LogP contribution in [0.5, 0.6) is 0 Å². The lowest BCUT2D eigenvalue weighted by atomic mass is 9.90. The molecule has 3 aliphatic rings. The van der Waals surface area contributed by atoms with E-state index in [1.807, 2.05) is 85.1 Å². The van der Waals surface area contributed by atoms with Gasteiger partial charge in [-0.3, -0.25) is 14.6 Å². The lowest BCUT2D eigenvalue weighted by Gasteiger charge is -2.24. The van der Waals surface area contributed by atoms with Crippen molar-refractivity contribution < 1.29 is 19.8 Å². The number of nitrogens with zero attached hydrogens (tertiary/aromatic N) is 2. The molecule has 1 aliphatic carbocycles. The van der Waals surface area contributed by atoms with E-state index in [1.54, 1.807) is 12.0 Å². The molecule has 3 N–H and O–H groups in total. The molecule has 0 spiro atoms. The van der Waals surface area contributed by atoms with E-state index in [2.05, 4.69) is 16.4 Å². The van der Waals surface area contributed by atoms with Crippen molar-refractivity contribution >= 4 is 35.4 Å². The summed E-state index contributed by atoms with van der Waals surface area (Å²) in [6.07, 6.45) is 13.2. The molecule has 2 heterocycles. The highest BCUT2D eigenvalue weighted by Crippen LogP contribution is 2.32. The van der Waals surface area contributed by atoms with Crippen molar-refractivity contribution in [2.45, 2.75) is 38.1 Å². The van der Waals surface area contributed by atoms with Crippen molar-refractivity contribution in [3.05, 3.63) is 106 Å². The van der Waals surface area contributed by atoms with E-state index in [-0.39, 0.29) is 18.4 Å². The number of hydroxylamine groups is 2. The lowest BCUT2D eigenvalue weighted by Crippen LogP contribution is -2.47. The highest BCUT2D eigenvalue weighted by Gasteiger charge is 2.48. The Hall–Kier alpha value is -3.33. The van der Waals surface area contributed by atoms with E-state index in [1.165, 1.54) is 0 Å². The fraction of sp³-hybridized carbons (Fsp3) is 0.312. The third kappa shape index (κ3) is 6.52. The Kier molecular flexibility index (Phi) is 9.09. The Morgan fingerprint density at radius 1 is 1.12 bits per heavy atom. The number of fused-ring (bicyclic) bond motifs is 1. The maximum atomic E-state index is 13.4. The maximum Gasteiger partial charge on any atom is 0.240 e. The zero-order valence-electron chi connectivity index (χ0n) is 22.4. The molecule has 1 amide bonds. The number of carbonyl (C=O) groups is 1. The van der Waals surface area contributed by atoms with Gasteiger partial charge in [0, 0.05) is 29.6 Å². The van der Waals surface area contributed by atoms with Crippen molar-refractivity contribution in [3.63, 3.8) is 0 Å². The van der Waals surface area contributed by atoms with Gasteiger partial charge in [-0.1, -0.05) is 78.4 Å². The second-order valence-electron chi connectivity index (χ2n) is 10.3. The molecule has 40 heavy (non-hydrogen) atoms. The van der Waals surface area contributed by atoms with Crippen LogP contribution >= 0.6 is 11.6 Å². The molecule has 5 rings (SSSR count). The van der Waals surface area contributed by atoms with Gasteiger partial charge in [-0.15, -0.1) is 0 Å². The van der Waals surface area contributed by atoms with Crippen LogP contribution in [0.25, 0.3) is 12.2 Å². The van der Waals surface area contributed by atoms with Crippen LogP contribution in [0.4, 0.5) is 0 Å². The number of aliphatic imine (C=N–C) groups is 1. The number of carbonyl (C=O) groups excluding carboxylic acids is 1. The predicted molar refractivity (Wildman–Crippen MR) is 158 cm³/mol. The van der Waals surface area contributed by atoms with Crippen molar-refractivity contribution in [2.24, 2.45) is 16.8 Å². The zero-order valence-corrected chi connectivity index (χ0v) is 23.1. The molecular formula is C32H34ClN3O4. The number of hydrogen-bond donors (Lipinski definition) is 3. The highest BCUT2D eigenvalue weighted by molar-refractivity contribution is 6.30. The molecule has 0 bridgehead atoms. The molecule has 1 saturated heterocycles. The summed E-state index contributed by atoms with van der Waals surface area (Å²) in [6, 6.07) is 14.9. The average molecular weight is 560 g/mol. The van der Waals surface area contributed by atoms with Gasteiger partial charge >= 0.3 is 0 Å². The molecule has 208 valence electrons. The Balaban J connectivity index is 1.22. The molecule has 2 unspecified atom stereocenters. The number of aliphatic hydroxyl groups excluding tert-OH is 2. The predicted octanol–water partition coefficient (Wildman–Crippen LogP) is 4.57. The van der Waals surface area contributed by atoms with Crippen LogP contribution in [-0.4, -0.2) is 58.3 Å². The molecule has 2 aromatic rings. The molecular weight excluding hydrogens is 526 g/mol. The maximum absolute atomic E-state index is 13.4. The fourth-order valence-corrected chi connectivity index (χ4v) is 5.47. The van der Waals surface area contributed by atoms with Gasteiger partial charge in [0.05, 0.1) is 25.0 Å². The molecule has 5 atom stereocenters. The minimum Gasteiger partial charge on any atom is -0.396 e. The lowest BCUT2D eigenvalue weighted by molar-refractivity contribution is -0.192. The Morgan fingerprint density at radius 3 is 2.50 bits per heavy atom. The van der Waals surface area contributed by atoms with Crippen LogP contribution in [0.2, 0.25) is 5.02 Å². The molecule has 7 nitrogen and oxygen atoms in total. The highest BCUT2D eigenvalue weighted by atomic mass is 35.5. The van der Waals surface area contributed by atoms with Gasteiger partial charge in [0.1, 0.15) is 12.1 Å². The van der Waals surface area contributed by atoms with E-state index in [9.17, 15) is 15.0 Å². The van der Waals surface area contributed by atoms with Crippen molar-refractivity contribution in [2.75, 3.05) is 13.2 Å². The van der Waals surface area contributed by atoms with E-state index >= 15 is 0 Å². The Morgan fingerprint density at radius 2 is 1.82 bits per heavy atom. The molecule has 1 fully saturated rings. The van der Waals surface area contributed by atoms with Crippen molar-refractivity contribution in [1.29, 1.82) is 0 Å². The number of hydrogen-bond acceptors (Lipinski definition) is 6. The summed E-state index contributed by atoms with van der Waals surface area (Å²) >= 11 is 5.96. The van der Waals surface area contributed by atoms with Crippen molar-refractivity contribution in [3.8, 4) is 0 Å². The zero-order chi connectivity index (χ0) is 28.1. The molecule has 2 aliphatic heterocycles. The van der Waals surface area contributed by atoms with E-state index < -0.39 is 24.2 Å². The van der Waals surface area contributed by atoms with Gasteiger partial charge < -0.3 is 15.5 Å². The number of benzene rings is 2. The molecule has 0 radical (unpaired) electrons. The van der Waals surface area contributed by atoms with E-state index in [0.717, 1.165) is 28.0 Å². The smallest absolute Gasteiger partial charge is 0.240 e. The van der Waals surface area contributed by atoms with Gasteiger partial charge in [-0.25, -0.2) is 0 Å². The normalized spacial score (nSPS) is 24.7. The number of nitrogens with one attached hydrogen (secondary N) is 1. The second kappa shape index (κ2) is 12.9. The second-order valence-corrected chi connectivity index (χ2v) is 10.8. The first-order chi connectivity index (χ1) is 19.4. The Bertz CT molecular complexity index is 1350. The Labute approximate surface area is 239 Å². The van der Waals surface area contributed by atoms with Crippen LogP contribution in [0.15, 0.2) is 89.6 Å². The molecule has 0 saturated carbocycles. The summed E-state index contributed by atoms with van der Waals surface area (Å²) in [5.74, 6) is -0.626. The largest absolute Gasteiger partial charge is 0.396 e. The quantitative estimate of drug-likeness (QED) is 0.371. The van der Waals surface area contributed by atoms with Gasteiger partial charge in [-0.05, 0) is 53.8 Å². The first kappa shape index (κ1) is 28.2. The number of aliphatic hydroxyl groups is 2. The van der Waals surface area contributed by atoms with Crippen LogP contribution in [0.1, 0.15) is 30.0 Å². The van der Waals surface area contributed by atoms with Crippen molar-refractivity contribution in [1.82, 2.24) is 10.4 Å². The van der Waals surface area contributed by atoms with Gasteiger partial charge in [0.25, 0.3) is 0 Å². The average Bonchev–Trinajstić information content (AvgIpc) is 3.55. The first-order valence-corrected chi connectivity index (χ1v) is 13.9. The van der Waals surface area contributed by atoms with Crippen LogP contribution in [-0.2, 0) is 16.2 Å². The van der Waals surface area contributed by atoms with Gasteiger partial charge in [0.2, 0.25) is 5.91 Å². The van der Waals surface area contributed by atoms with Crippen LogP contribution < -0.4 is 5.32 Å². The van der Waals surface area contributed by atoms with Crippen LogP contribution in [0, 0.1) is 11.8 Å². The third-order valence-electron chi connectivity index (χ3n) is 7.50. The van der Waals surface area contributed by atoms with Gasteiger partial charge in [0.15, 0.2) is 0 Å². The number of allylic oxidation sites excluding steroid dienone is 4. The standard InChI is InChI=1S/C32H34ClN3O4/c1-21(38)31-28(20-37)30(32(39)34-17-16-25-18-35-29-5-3-2-4-27(25)29)36(40-31)19-24-10-8-22(9-11-24)6-7-23-12-14-26(33)15-13-23/h2-15,18,21,27-28,30-31,37-38H,16-17,19-20H2,1H3,(H,34,39)/b7-6+/t21-,27?,28-,30?,31-/m1/s1. The summed E-state index contributed by atoms with van der Waals surface area (Å²) in [5.41, 5.74) is 5.20. The summed E-state index contributed by atoms with van der Waals surface area (Å²) in [5, 5.41) is 25.8. The fourth-order valence-electron chi connectivity index (χ4n) is 5.35. The molecule has 2 aromatic carbocycles. The summed E-state index contributed by atoms with van der Waals surface area (Å²) < 4.78 is 0. The summed E-state index contributed by atoms with van der Waals surface area (Å²) in [4.78, 5) is 23.9. The van der Waals surface area contributed by atoms with E-state index in [0.29, 0.717) is 24.5 Å². The summed E-state index contributed by atoms with van der Waals surface area (Å²) in [6.45, 7) is 2.11. The molecule has 8 heteroatoms. The van der Waals surface area contributed by atoms with Gasteiger partial charge in [-0.2, -0.15) is 5.06 Å². The third-order valence-corrected chi connectivity index (χ3v) is 7.75. The minimum atomic E-state index is -0.844. The van der Waals surface area contributed by atoms with Crippen LogP contribution in [0.3, 0.4) is 0 Å². The number of halogens is 1. The SMILES string of the molecule is C[C@@H](O)[C@H]1ON(Cc2ccc(/C=C/c3ccc(Cl)cc3)cc2)C(C(=O)NCCC2=CN=C3C=CC=CC23)[C@H]1CO. The summed E-state index contributed by atoms with van der Waals surface area (Å²) in [7, 11) is 0. The minimum absolute atomic E-state index is 0.169. The molecule has 0 aromatic heterocycles. The number of amides is 1.